The summed E-state index contributed by atoms with van der Waals surface area (Å²) in [5.74, 6) is 1.31. The second-order valence-electron chi connectivity index (χ2n) is 6.00. The summed E-state index contributed by atoms with van der Waals surface area (Å²) in [6.07, 6.45) is 3.43. The monoisotopic (exact) mass is 296 g/mol. The number of thiazole rings is 1. The van der Waals surface area contributed by atoms with Gasteiger partial charge in [0, 0.05) is 12.6 Å². The van der Waals surface area contributed by atoms with Crippen molar-refractivity contribution in [1.29, 1.82) is 0 Å². The smallest absolute Gasteiger partial charge is 0.265 e. The van der Waals surface area contributed by atoms with Gasteiger partial charge in [-0.1, -0.05) is 38.5 Å². The van der Waals surface area contributed by atoms with Crippen LogP contribution in [0.25, 0.3) is 0 Å². The maximum absolute atomic E-state index is 12.3. The Morgan fingerprint density at radius 3 is 2.85 bits per heavy atom. The van der Waals surface area contributed by atoms with Crippen molar-refractivity contribution in [3.05, 3.63) is 4.88 Å². The molecule has 0 bridgehead atoms. The molecule has 0 radical (unpaired) electrons. The Hall–Kier alpha value is -1.30. The quantitative estimate of drug-likeness (QED) is 0.780. The highest BCUT2D eigenvalue weighted by atomic mass is 32.1. The van der Waals surface area contributed by atoms with Gasteiger partial charge in [0.25, 0.3) is 5.91 Å². The first-order valence-corrected chi connectivity index (χ1v) is 8.10. The molecular weight excluding hydrogens is 272 g/mol. The fourth-order valence-corrected chi connectivity index (χ4v) is 3.25. The molecule has 112 valence electrons. The van der Waals surface area contributed by atoms with Crippen LogP contribution in [0.3, 0.4) is 0 Å². The molecule has 1 aliphatic carbocycles. The maximum Gasteiger partial charge on any atom is 0.265 e. The number of aromatic nitrogens is 1. The average molecular weight is 296 g/mol. The number of hydrogen-bond donors (Lipinski definition) is 3. The average Bonchev–Trinajstić information content (AvgIpc) is 2.94. The number of nitrogens with zero attached hydrogens (tertiary/aromatic N) is 1. The van der Waals surface area contributed by atoms with E-state index < -0.39 is 0 Å². The molecule has 2 unspecified atom stereocenters. The van der Waals surface area contributed by atoms with E-state index in [1.807, 2.05) is 0 Å². The van der Waals surface area contributed by atoms with Gasteiger partial charge in [0.05, 0.1) is 0 Å². The molecule has 1 amide bonds. The lowest BCUT2D eigenvalue weighted by atomic mass is 10.1. The summed E-state index contributed by atoms with van der Waals surface area (Å²) >= 11 is 1.33. The number of carbonyl (C=O) groups excluding carboxylic acids is 1. The van der Waals surface area contributed by atoms with Gasteiger partial charge in [-0.05, 0) is 24.7 Å². The number of nitrogens with two attached hydrogens (primary N) is 1. The third kappa shape index (κ3) is 3.62. The van der Waals surface area contributed by atoms with E-state index in [0.717, 1.165) is 18.1 Å². The summed E-state index contributed by atoms with van der Waals surface area (Å²) in [5.41, 5.74) is 5.86. The second-order valence-corrected chi connectivity index (χ2v) is 7.00. The Morgan fingerprint density at radius 2 is 2.25 bits per heavy atom. The van der Waals surface area contributed by atoms with Gasteiger partial charge >= 0.3 is 0 Å². The molecular formula is C14H24N4OS. The minimum Gasteiger partial charge on any atom is -0.382 e. The molecule has 0 aromatic carbocycles. The SMILES string of the molecule is CC(C)CNc1nc(N)c(C(=O)NC2CCCC2C)s1. The van der Waals surface area contributed by atoms with Crippen LogP contribution in [-0.4, -0.2) is 23.5 Å². The lowest BCUT2D eigenvalue weighted by Crippen LogP contribution is -2.36. The van der Waals surface area contributed by atoms with Crippen molar-refractivity contribution in [3.8, 4) is 0 Å². The zero-order valence-corrected chi connectivity index (χ0v) is 13.2. The molecule has 5 nitrogen and oxygen atoms in total. The highest BCUT2D eigenvalue weighted by Gasteiger charge is 2.26. The largest absolute Gasteiger partial charge is 0.382 e. The Kier molecular flexibility index (Phi) is 4.86. The first-order valence-electron chi connectivity index (χ1n) is 7.28. The molecule has 0 saturated heterocycles. The van der Waals surface area contributed by atoms with Crippen molar-refractivity contribution < 1.29 is 4.79 Å². The molecule has 20 heavy (non-hydrogen) atoms. The molecule has 1 aromatic rings. The second kappa shape index (κ2) is 6.43. The molecule has 1 aliphatic rings. The van der Waals surface area contributed by atoms with E-state index in [1.54, 1.807) is 0 Å². The predicted octanol–water partition coefficient (Wildman–Crippen LogP) is 2.71. The van der Waals surface area contributed by atoms with Gasteiger partial charge < -0.3 is 16.4 Å². The van der Waals surface area contributed by atoms with Crippen molar-refractivity contribution in [2.24, 2.45) is 11.8 Å². The first kappa shape index (κ1) is 15.1. The Labute approximate surface area is 124 Å². The van der Waals surface area contributed by atoms with Crippen molar-refractivity contribution in [3.63, 3.8) is 0 Å². The third-order valence-corrected chi connectivity index (χ3v) is 4.73. The first-order chi connectivity index (χ1) is 9.47. The van der Waals surface area contributed by atoms with E-state index in [2.05, 4.69) is 36.4 Å². The van der Waals surface area contributed by atoms with E-state index in [1.165, 1.54) is 24.2 Å². The Balaban J connectivity index is 1.98. The summed E-state index contributed by atoms with van der Waals surface area (Å²) < 4.78 is 0. The normalized spacial score (nSPS) is 22.2. The van der Waals surface area contributed by atoms with Crippen LogP contribution >= 0.6 is 11.3 Å². The molecule has 0 spiro atoms. The topological polar surface area (TPSA) is 80.0 Å². The van der Waals surface area contributed by atoms with E-state index in [0.29, 0.717) is 22.5 Å². The van der Waals surface area contributed by atoms with Crippen LogP contribution < -0.4 is 16.4 Å². The number of nitrogens with one attached hydrogen (secondary N) is 2. The van der Waals surface area contributed by atoms with Crippen LogP contribution in [0.5, 0.6) is 0 Å². The fourth-order valence-electron chi connectivity index (χ4n) is 2.46. The summed E-state index contributed by atoms with van der Waals surface area (Å²) in [7, 11) is 0. The molecule has 0 aliphatic heterocycles. The van der Waals surface area contributed by atoms with Crippen LogP contribution in [0.1, 0.15) is 49.7 Å². The van der Waals surface area contributed by atoms with Gasteiger partial charge in [-0.15, -0.1) is 0 Å². The van der Waals surface area contributed by atoms with Gasteiger partial charge in [-0.25, -0.2) is 4.98 Å². The minimum absolute atomic E-state index is 0.0867. The van der Waals surface area contributed by atoms with Crippen molar-refractivity contribution in [2.45, 2.75) is 46.1 Å². The number of anilines is 2. The summed E-state index contributed by atoms with van der Waals surface area (Å²) in [6.45, 7) is 7.26. The van der Waals surface area contributed by atoms with E-state index in [-0.39, 0.29) is 11.9 Å². The molecule has 1 fully saturated rings. The molecule has 1 saturated carbocycles. The number of amides is 1. The highest BCUT2D eigenvalue weighted by molar-refractivity contribution is 7.18. The highest BCUT2D eigenvalue weighted by Crippen LogP contribution is 2.28. The molecule has 2 rings (SSSR count). The van der Waals surface area contributed by atoms with Crippen molar-refractivity contribution in [2.75, 3.05) is 17.6 Å². The molecule has 1 aromatic heterocycles. The lowest BCUT2D eigenvalue weighted by Gasteiger charge is -2.16. The summed E-state index contributed by atoms with van der Waals surface area (Å²) in [5, 5.41) is 7.02. The Bertz CT molecular complexity index is 472. The molecule has 4 N–H and O–H groups in total. The van der Waals surface area contributed by atoms with Crippen LogP contribution in [-0.2, 0) is 0 Å². The van der Waals surface area contributed by atoms with Gasteiger partial charge in [0.2, 0.25) is 0 Å². The molecule has 2 atom stereocenters. The van der Waals surface area contributed by atoms with Crippen molar-refractivity contribution >= 4 is 28.2 Å². The van der Waals surface area contributed by atoms with Crippen LogP contribution in [0.4, 0.5) is 10.9 Å². The van der Waals surface area contributed by atoms with E-state index in [9.17, 15) is 4.79 Å². The lowest BCUT2D eigenvalue weighted by molar-refractivity contribution is 0.0934. The number of nitrogen functional groups attached to an aromatic ring is 1. The summed E-state index contributed by atoms with van der Waals surface area (Å²) in [6, 6.07) is 0.274. The van der Waals surface area contributed by atoms with Gasteiger partial charge in [0.1, 0.15) is 10.7 Å². The van der Waals surface area contributed by atoms with Crippen LogP contribution in [0.2, 0.25) is 0 Å². The number of carbonyl (C=O) groups is 1. The maximum atomic E-state index is 12.3. The fraction of sp³-hybridized carbons (Fsp3) is 0.714. The summed E-state index contributed by atoms with van der Waals surface area (Å²) in [4.78, 5) is 17.0. The number of hydrogen-bond acceptors (Lipinski definition) is 5. The van der Waals surface area contributed by atoms with Crippen LogP contribution in [0, 0.1) is 11.8 Å². The zero-order chi connectivity index (χ0) is 14.7. The predicted molar refractivity (Wildman–Crippen MR) is 84.1 cm³/mol. The van der Waals surface area contributed by atoms with Gasteiger partial charge in [-0.3, -0.25) is 4.79 Å². The van der Waals surface area contributed by atoms with Crippen molar-refractivity contribution in [1.82, 2.24) is 10.3 Å². The number of rotatable bonds is 5. The standard InChI is InChI=1S/C14H24N4OS/c1-8(2)7-16-14-18-12(15)11(20-14)13(19)17-10-6-4-5-9(10)3/h8-10H,4-7,15H2,1-3H3,(H,16,18)(H,17,19). The molecule has 6 heteroatoms. The third-order valence-electron chi connectivity index (χ3n) is 3.70. The van der Waals surface area contributed by atoms with Gasteiger partial charge in [-0.2, -0.15) is 0 Å². The van der Waals surface area contributed by atoms with Crippen LogP contribution in [0.15, 0.2) is 0 Å². The molecule has 1 heterocycles. The van der Waals surface area contributed by atoms with E-state index >= 15 is 0 Å². The Morgan fingerprint density at radius 1 is 1.50 bits per heavy atom. The minimum atomic E-state index is -0.0867. The zero-order valence-electron chi connectivity index (χ0n) is 12.4. The van der Waals surface area contributed by atoms with Gasteiger partial charge in [0.15, 0.2) is 5.13 Å². The van der Waals surface area contributed by atoms with E-state index in [4.69, 9.17) is 5.73 Å².